The largest absolute Gasteiger partial charge is 0.0651 e. The Morgan fingerprint density at radius 3 is 2.32 bits per heavy atom. The zero-order chi connectivity index (χ0) is 13.4. The maximum atomic E-state index is 2.41. The number of hydrogen-bond acceptors (Lipinski definition) is 0. The van der Waals surface area contributed by atoms with Crippen LogP contribution in [-0.4, -0.2) is 0 Å². The fourth-order valence-electron chi connectivity index (χ4n) is 3.09. The van der Waals surface area contributed by atoms with Crippen molar-refractivity contribution >= 4 is 0 Å². The van der Waals surface area contributed by atoms with Gasteiger partial charge in [-0.3, -0.25) is 0 Å². The van der Waals surface area contributed by atoms with Crippen molar-refractivity contribution in [2.45, 2.75) is 46.0 Å². The minimum Gasteiger partial charge on any atom is -0.0651 e. The van der Waals surface area contributed by atoms with E-state index < -0.39 is 0 Å². The van der Waals surface area contributed by atoms with E-state index in [1.54, 1.807) is 0 Å². The highest BCUT2D eigenvalue weighted by molar-refractivity contribution is 5.77. The van der Waals surface area contributed by atoms with Crippen molar-refractivity contribution < 1.29 is 0 Å². The third-order valence-electron chi connectivity index (χ3n) is 4.18. The molecule has 0 aliphatic heterocycles. The summed E-state index contributed by atoms with van der Waals surface area (Å²) in [6.07, 6.45) is 3.53. The Hall–Kier alpha value is -1.56. The van der Waals surface area contributed by atoms with Crippen molar-refractivity contribution in [1.82, 2.24) is 0 Å². The van der Waals surface area contributed by atoms with Crippen LogP contribution < -0.4 is 0 Å². The molecule has 3 rings (SSSR count). The Morgan fingerprint density at radius 1 is 0.947 bits per heavy atom. The predicted molar refractivity (Wildman–Crippen MR) is 82.8 cm³/mol. The van der Waals surface area contributed by atoms with Crippen LogP contribution in [0.4, 0.5) is 0 Å². The number of hydrogen-bond donors (Lipinski definition) is 0. The highest BCUT2D eigenvalue weighted by Crippen LogP contribution is 2.38. The van der Waals surface area contributed by atoms with E-state index >= 15 is 0 Å². The summed E-state index contributed by atoms with van der Waals surface area (Å²) < 4.78 is 0. The zero-order valence-electron chi connectivity index (χ0n) is 12.2. The van der Waals surface area contributed by atoms with Gasteiger partial charge < -0.3 is 0 Å². The van der Waals surface area contributed by atoms with Crippen molar-refractivity contribution in [3.8, 4) is 11.1 Å². The van der Waals surface area contributed by atoms with Gasteiger partial charge in [0.1, 0.15) is 0 Å². The molecule has 0 saturated carbocycles. The number of benzene rings is 2. The van der Waals surface area contributed by atoms with Crippen LogP contribution >= 0.6 is 0 Å². The molecule has 0 aromatic heterocycles. The monoisotopic (exact) mass is 250 g/mol. The molecule has 2 aromatic rings. The molecule has 0 saturated heterocycles. The van der Waals surface area contributed by atoms with Crippen molar-refractivity contribution in [3.05, 3.63) is 58.7 Å². The topological polar surface area (TPSA) is 0 Å². The zero-order valence-corrected chi connectivity index (χ0v) is 12.2. The molecule has 0 heterocycles. The van der Waals surface area contributed by atoms with Crippen LogP contribution in [0.5, 0.6) is 0 Å². The van der Waals surface area contributed by atoms with Crippen LogP contribution in [0.15, 0.2) is 36.4 Å². The Morgan fingerprint density at radius 2 is 1.63 bits per heavy atom. The lowest BCUT2D eigenvalue weighted by molar-refractivity contribution is 0.864. The second-order valence-corrected chi connectivity index (χ2v) is 5.99. The summed E-state index contributed by atoms with van der Waals surface area (Å²) in [4.78, 5) is 0. The average Bonchev–Trinajstić information content (AvgIpc) is 2.75. The molecular weight excluding hydrogens is 228 g/mol. The molecule has 0 N–H and O–H groups in total. The lowest BCUT2D eigenvalue weighted by Gasteiger charge is -2.08. The van der Waals surface area contributed by atoms with Crippen LogP contribution in [0, 0.1) is 0 Å². The van der Waals surface area contributed by atoms with E-state index in [2.05, 4.69) is 57.2 Å². The summed E-state index contributed by atoms with van der Waals surface area (Å²) in [7, 11) is 0. The summed E-state index contributed by atoms with van der Waals surface area (Å²) in [5.41, 5.74) is 8.86. The predicted octanol–water partition coefficient (Wildman–Crippen LogP) is 5.33. The van der Waals surface area contributed by atoms with E-state index in [0.717, 1.165) is 6.42 Å². The number of fused-ring (bicyclic) bond motifs is 3. The summed E-state index contributed by atoms with van der Waals surface area (Å²) in [6.45, 7) is 6.78. The van der Waals surface area contributed by atoms with Crippen molar-refractivity contribution in [2.75, 3.05) is 0 Å². The molecule has 0 radical (unpaired) electrons. The first-order chi connectivity index (χ1) is 9.19. The van der Waals surface area contributed by atoms with Gasteiger partial charge >= 0.3 is 0 Å². The highest BCUT2D eigenvalue weighted by atomic mass is 14.2. The van der Waals surface area contributed by atoms with Gasteiger partial charge in [0, 0.05) is 0 Å². The average molecular weight is 250 g/mol. The second kappa shape index (κ2) is 4.85. The molecule has 1 aliphatic carbocycles. The van der Waals surface area contributed by atoms with Gasteiger partial charge in [-0.05, 0) is 52.1 Å². The first kappa shape index (κ1) is 12.5. The van der Waals surface area contributed by atoms with Gasteiger partial charge in [-0.1, -0.05) is 63.6 Å². The summed E-state index contributed by atoms with van der Waals surface area (Å²) >= 11 is 0. The molecule has 0 bridgehead atoms. The minimum atomic E-state index is 0.615. The maximum Gasteiger partial charge on any atom is -0.00133 e. The molecule has 0 amide bonds. The first-order valence-electron chi connectivity index (χ1n) is 7.44. The van der Waals surface area contributed by atoms with E-state index in [1.165, 1.54) is 46.2 Å². The van der Waals surface area contributed by atoms with Crippen LogP contribution in [0.1, 0.15) is 55.4 Å². The summed E-state index contributed by atoms with van der Waals surface area (Å²) in [5.74, 6) is 0.615. The smallest absolute Gasteiger partial charge is 0.00133 e. The second-order valence-electron chi connectivity index (χ2n) is 5.99. The molecule has 0 nitrogen and oxygen atoms in total. The molecule has 2 aromatic carbocycles. The molecule has 98 valence electrons. The van der Waals surface area contributed by atoms with Gasteiger partial charge in [-0.2, -0.15) is 0 Å². The summed E-state index contributed by atoms with van der Waals surface area (Å²) in [5, 5.41) is 0. The molecular formula is C19H22. The Kier molecular flexibility index (Phi) is 3.18. The molecule has 0 fully saturated rings. The van der Waals surface area contributed by atoms with Crippen LogP contribution in [0.2, 0.25) is 0 Å². The minimum absolute atomic E-state index is 0.615. The van der Waals surface area contributed by atoms with Gasteiger partial charge in [0.25, 0.3) is 0 Å². The van der Waals surface area contributed by atoms with Crippen molar-refractivity contribution in [3.63, 3.8) is 0 Å². The lowest BCUT2D eigenvalue weighted by Crippen LogP contribution is -1.89. The van der Waals surface area contributed by atoms with Crippen LogP contribution in [0.3, 0.4) is 0 Å². The normalized spacial score (nSPS) is 12.6. The standard InChI is InChI=1S/C19H22/c1-4-5-14-6-8-18-16(10-14)12-17-11-15(13(2)3)7-9-19(17)18/h6-11,13H,4-5,12H2,1-3H3. The molecule has 0 heteroatoms. The first-order valence-corrected chi connectivity index (χ1v) is 7.44. The SMILES string of the molecule is CCCc1ccc2c(c1)Cc1cc(C(C)C)ccc1-2. The fourth-order valence-corrected chi connectivity index (χ4v) is 3.09. The highest BCUT2D eigenvalue weighted by Gasteiger charge is 2.19. The maximum absolute atomic E-state index is 2.41. The van der Waals surface area contributed by atoms with Gasteiger partial charge in [0.05, 0.1) is 0 Å². The summed E-state index contributed by atoms with van der Waals surface area (Å²) in [6, 6.07) is 14.0. The van der Waals surface area contributed by atoms with Crippen LogP contribution in [-0.2, 0) is 12.8 Å². The number of aryl methyl sites for hydroxylation is 1. The fraction of sp³-hybridized carbons (Fsp3) is 0.368. The molecule has 1 aliphatic rings. The van der Waals surface area contributed by atoms with Gasteiger partial charge in [-0.25, -0.2) is 0 Å². The molecule has 0 spiro atoms. The van der Waals surface area contributed by atoms with Crippen LogP contribution in [0.25, 0.3) is 11.1 Å². The van der Waals surface area contributed by atoms with Crippen molar-refractivity contribution in [1.29, 1.82) is 0 Å². The molecule has 0 unspecified atom stereocenters. The van der Waals surface area contributed by atoms with E-state index in [9.17, 15) is 0 Å². The van der Waals surface area contributed by atoms with E-state index in [-0.39, 0.29) is 0 Å². The van der Waals surface area contributed by atoms with E-state index in [1.807, 2.05) is 0 Å². The van der Waals surface area contributed by atoms with Gasteiger partial charge in [0.2, 0.25) is 0 Å². The van der Waals surface area contributed by atoms with Gasteiger partial charge in [0.15, 0.2) is 0 Å². The van der Waals surface area contributed by atoms with Gasteiger partial charge in [-0.15, -0.1) is 0 Å². The Labute approximate surface area is 116 Å². The molecule has 0 atom stereocenters. The third-order valence-corrected chi connectivity index (χ3v) is 4.18. The van der Waals surface area contributed by atoms with Crippen molar-refractivity contribution in [2.24, 2.45) is 0 Å². The number of rotatable bonds is 3. The third kappa shape index (κ3) is 2.20. The Balaban J connectivity index is 2.00. The van der Waals surface area contributed by atoms with E-state index in [4.69, 9.17) is 0 Å². The molecule has 19 heavy (non-hydrogen) atoms. The van der Waals surface area contributed by atoms with E-state index in [0.29, 0.717) is 5.92 Å². The Bertz CT molecular complexity index is 605. The lowest BCUT2D eigenvalue weighted by atomic mass is 9.97. The quantitative estimate of drug-likeness (QED) is 0.589.